The molecule has 0 fully saturated rings. The molecule has 0 aliphatic heterocycles. The summed E-state index contributed by atoms with van der Waals surface area (Å²) in [5.74, 6) is -0.873. The van der Waals surface area contributed by atoms with Crippen molar-refractivity contribution in [2.24, 2.45) is 5.73 Å². The standard InChI is InChI=1S/C3H8N2O2Si/c4-2(6)1-3(7)5-8/h1H2,8H3,(H2,4,6)(H,5,7). The van der Waals surface area contributed by atoms with E-state index in [4.69, 9.17) is 0 Å². The van der Waals surface area contributed by atoms with Gasteiger partial charge >= 0.3 is 0 Å². The van der Waals surface area contributed by atoms with Gasteiger partial charge < -0.3 is 10.7 Å². The minimum Gasteiger partial charge on any atom is -0.390 e. The first-order valence-electron chi connectivity index (χ1n) is 2.15. The summed E-state index contributed by atoms with van der Waals surface area (Å²) < 4.78 is 0. The Labute approximate surface area is 49.9 Å². The highest BCUT2D eigenvalue weighted by molar-refractivity contribution is 6.16. The highest BCUT2D eigenvalue weighted by atomic mass is 28.2. The van der Waals surface area contributed by atoms with Gasteiger partial charge in [0.2, 0.25) is 11.8 Å². The maximum Gasteiger partial charge on any atom is 0.226 e. The molecular formula is C3H8N2O2Si. The largest absolute Gasteiger partial charge is 0.390 e. The van der Waals surface area contributed by atoms with E-state index in [0.29, 0.717) is 10.4 Å². The van der Waals surface area contributed by atoms with Crippen LogP contribution in [-0.4, -0.2) is 22.2 Å². The van der Waals surface area contributed by atoms with Crippen LogP contribution in [0.5, 0.6) is 0 Å². The summed E-state index contributed by atoms with van der Waals surface area (Å²) in [6, 6.07) is 0. The molecule has 0 radical (unpaired) electrons. The fraction of sp³-hybridized carbons (Fsp3) is 0.333. The summed E-state index contributed by atoms with van der Waals surface area (Å²) in [5.41, 5.74) is 4.68. The Hall–Kier alpha value is -0.843. The first-order valence-corrected chi connectivity index (χ1v) is 3.15. The SMILES string of the molecule is NC(=O)CC(=O)N[SiH3]. The lowest BCUT2D eigenvalue weighted by atomic mass is 10.4. The van der Waals surface area contributed by atoms with Gasteiger partial charge in [-0.2, -0.15) is 0 Å². The van der Waals surface area contributed by atoms with Gasteiger partial charge in [0.1, 0.15) is 16.8 Å². The van der Waals surface area contributed by atoms with Gasteiger partial charge in [0, 0.05) is 0 Å². The fourth-order valence-electron chi connectivity index (χ4n) is 0.247. The second-order valence-corrected chi connectivity index (χ2v) is 1.82. The van der Waals surface area contributed by atoms with Crippen molar-refractivity contribution in [3.05, 3.63) is 0 Å². The van der Waals surface area contributed by atoms with Gasteiger partial charge in [-0.15, -0.1) is 0 Å². The van der Waals surface area contributed by atoms with E-state index in [2.05, 4.69) is 10.7 Å². The Morgan fingerprint density at radius 1 is 1.62 bits per heavy atom. The van der Waals surface area contributed by atoms with E-state index >= 15 is 0 Å². The third kappa shape index (κ3) is 3.35. The lowest BCUT2D eigenvalue weighted by Crippen LogP contribution is -2.26. The quantitative estimate of drug-likeness (QED) is 0.316. The molecule has 0 saturated carbocycles. The minimum atomic E-state index is -0.585. The molecule has 5 heteroatoms. The predicted molar refractivity (Wildman–Crippen MR) is 31.9 cm³/mol. The van der Waals surface area contributed by atoms with Crippen LogP contribution in [-0.2, 0) is 9.59 Å². The van der Waals surface area contributed by atoms with Crippen LogP contribution in [0.25, 0.3) is 0 Å². The monoisotopic (exact) mass is 132 g/mol. The van der Waals surface area contributed by atoms with E-state index in [1.807, 2.05) is 0 Å². The third-order valence-electron chi connectivity index (χ3n) is 0.614. The molecule has 2 amide bonds. The predicted octanol–water partition coefficient (Wildman–Crippen LogP) is -2.74. The second kappa shape index (κ2) is 3.20. The van der Waals surface area contributed by atoms with Crippen molar-refractivity contribution in [2.75, 3.05) is 0 Å². The summed E-state index contributed by atoms with van der Waals surface area (Å²) in [6.07, 6.45) is -0.191. The molecule has 0 spiro atoms. The molecule has 8 heavy (non-hydrogen) atoms. The molecule has 0 rings (SSSR count). The number of carbonyl (C=O) groups is 2. The number of rotatable bonds is 2. The van der Waals surface area contributed by atoms with Crippen molar-refractivity contribution in [3.8, 4) is 0 Å². The zero-order valence-electron chi connectivity index (χ0n) is 4.60. The fourth-order valence-corrected chi connectivity index (χ4v) is 0.423. The second-order valence-electron chi connectivity index (χ2n) is 1.32. The Morgan fingerprint density at radius 2 is 2.12 bits per heavy atom. The van der Waals surface area contributed by atoms with Crippen molar-refractivity contribution in [2.45, 2.75) is 6.42 Å². The first kappa shape index (κ1) is 7.16. The van der Waals surface area contributed by atoms with Crippen LogP contribution >= 0.6 is 0 Å². The number of hydrogen-bond acceptors (Lipinski definition) is 2. The van der Waals surface area contributed by atoms with Crippen LogP contribution in [0.3, 0.4) is 0 Å². The summed E-state index contributed by atoms with van der Waals surface area (Å²) >= 11 is 0. The van der Waals surface area contributed by atoms with Crippen molar-refractivity contribution in [1.29, 1.82) is 0 Å². The van der Waals surface area contributed by atoms with Crippen LogP contribution < -0.4 is 10.7 Å². The van der Waals surface area contributed by atoms with E-state index in [1.54, 1.807) is 0 Å². The number of nitrogens with two attached hydrogens (primary N) is 1. The lowest BCUT2D eigenvalue weighted by molar-refractivity contribution is -0.126. The van der Waals surface area contributed by atoms with Gasteiger partial charge in [0.05, 0.1) is 0 Å². The normalized spacial score (nSPS) is 8.50. The van der Waals surface area contributed by atoms with Crippen molar-refractivity contribution in [1.82, 2.24) is 4.98 Å². The molecule has 0 saturated heterocycles. The number of hydrogen-bond donors (Lipinski definition) is 2. The maximum atomic E-state index is 10.2. The Morgan fingerprint density at radius 3 is 2.25 bits per heavy atom. The molecule has 4 nitrogen and oxygen atoms in total. The highest BCUT2D eigenvalue weighted by Crippen LogP contribution is 1.71. The molecule has 0 aromatic rings. The zero-order chi connectivity index (χ0) is 6.57. The van der Waals surface area contributed by atoms with Gasteiger partial charge in [0.15, 0.2) is 0 Å². The molecule has 46 valence electrons. The molecule has 0 heterocycles. The third-order valence-corrected chi connectivity index (χ3v) is 1.17. The first-order chi connectivity index (χ1) is 3.66. The molecule has 0 bridgehead atoms. The average Bonchev–Trinajstić information content (AvgIpc) is 1.65. The van der Waals surface area contributed by atoms with Gasteiger partial charge in [0.25, 0.3) is 0 Å². The molecule has 0 aromatic heterocycles. The van der Waals surface area contributed by atoms with Gasteiger partial charge in [-0.1, -0.05) is 0 Å². The van der Waals surface area contributed by atoms with E-state index in [0.717, 1.165) is 0 Å². The van der Waals surface area contributed by atoms with E-state index in [9.17, 15) is 9.59 Å². The van der Waals surface area contributed by atoms with Crippen LogP contribution in [0.4, 0.5) is 0 Å². The van der Waals surface area contributed by atoms with E-state index in [-0.39, 0.29) is 12.3 Å². The smallest absolute Gasteiger partial charge is 0.226 e. The minimum absolute atomic E-state index is 0.191. The summed E-state index contributed by atoms with van der Waals surface area (Å²) in [6.45, 7) is 0. The van der Waals surface area contributed by atoms with Crippen molar-refractivity contribution >= 4 is 22.2 Å². The molecule has 0 atom stereocenters. The number of nitrogens with one attached hydrogen (secondary N) is 1. The van der Waals surface area contributed by atoms with Crippen molar-refractivity contribution < 1.29 is 9.59 Å². The highest BCUT2D eigenvalue weighted by Gasteiger charge is 1.99. The van der Waals surface area contributed by atoms with Crippen LogP contribution in [0.15, 0.2) is 0 Å². The van der Waals surface area contributed by atoms with E-state index < -0.39 is 5.91 Å². The molecule has 0 aliphatic rings. The molecule has 0 unspecified atom stereocenters. The Balaban J connectivity index is 3.40. The Bertz CT molecular complexity index is 114. The van der Waals surface area contributed by atoms with Gasteiger partial charge in [-0.05, 0) is 0 Å². The summed E-state index contributed by atoms with van der Waals surface area (Å²) in [7, 11) is 0.571. The zero-order valence-corrected chi connectivity index (χ0v) is 6.60. The molecular weight excluding hydrogens is 124 g/mol. The number of carbonyl (C=O) groups excluding carboxylic acids is 2. The van der Waals surface area contributed by atoms with Crippen LogP contribution in [0, 0.1) is 0 Å². The maximum absolute atomic E-state index is 10.2. The summed E-state index contributed by atoms with van der Waals surface area (Å²) in [5, 5.41) is 0. The molecule has 3 N–H and O–H groups in total. The number of amides is 2. The topological polar surface area (TPSA) is 72.2 Å². The van der Waals surface area contributed by atoms with Gasteiger partial charge in [-0.25, -0.2) is 0 Å². The van der Waals surface area contributed by atoms with E-state index in [1.165, 1.54) is 0 Å². The summed E-state index contributed by atoms with van der Waals surface area (Å²) in [4.78, 5) is 22.6. The molecule has 0 aliphatic carbocycles. The molecule has 0 aromatic carbocycles. The van der Waals surface area contributed by atoms with Crippen LogP contribution in [0.2, 0.25) is 0 Å². The lowest BCUT2D eigenvalue weighted by Gasteiger charge is -1.91. The number of primary amides is 1. The van der Waals surface area contributed by atoms with Crippen LogP contribution in [0.1, 0.15) is 6.42 Å². The average molecular weight is 132 g/mol. The Kier molecular flexibility index (Phi) is 2.86. The van der Waals surface area contributed by atoms with Crippen molar-refractivity contribution in [3.63, 3.8) is 0 Å². The van der Waals surface area contributed by atoms with Gasteiger partial charge in [-0.3, -0.25) is 9.59 Å².